The summed E-state index contributed by atoms with van der Waals surface area (Å²) in [5, 5.41) is 8.68. The molecule has 114 valence electrons. The van der Waals surface area contributed by atoms with Gasteiger partial charge in [-0.25, -0.2) is 12.8 Å². The normalized spacial score (nSPS) is 12.9. The fourth-order valence-corrected chi connectivity index (χ4v) is 3.10. The number of nitrogens with two attached hydrogens (primary N) is 1. The van der Waals surface area contributed by atoms with Crippen molar-refractivity contribution >= 4 is 15.7 Å². The minimum absolute atomic E-state index is 0.0677. The van der Waals surface area contributed by atoms with E-state index in [2.05, 4.69) is 0 Å². The van der Waals surface area contributed by atoms with Gasteiger partial charge in [-0.15, -0.1) is 0 Å². The molecule has 5 nitrogen and oxygen atoms in total. The zero-order valence-corrected chi connectivity index (χ0v) is 10.9. The Morgan fingerprint density at radius 2 is 1.90 bits per heavy atom. The Morgan fingerprint density at radius 1 is 1.30 bits per heavy atom. The molecular formula is C10H12F4N2O3S. The molecule has 0 aliphatic heterocycles. The largest absolute Gasteiger partial charge is 0.402 e. The summed E-state index contributed by atoms with van der Waals surface area (Å²) in [5.74, 6) is -1.25. The number of rotatable bonds is 5. The molecule has 0 fully saturated rings. The summed E-state index contributed by atoms with van der Waals surface area (Å²) in [7, 11) is -4.80. The second-order valence-electron chi connectivity index (χ2n) is 3.84. The number of hydrogen-bond donors (Lipinski definition) is 2. The summed E-state index contributed by atoms with van der Waals surface area (Å²) in [6, 6.07) is 2.96. The molecule has 0 radical (unpaired) electrons. The van der Waals surface area contributed by atoms with Gasteiger partial charge in [-0.1, -0.05) is 6.07 Å². The zero-order chi connectivity index (χ0) is 15.6. The average molecular weight is 316 g/mol. The van der Waals surface area contributed by atoms with E-state index in [0.717, 1.165) is 18.2 Å². The molecule has 0 saturated heterocycles. The molecule has 0 aromatic heterocycles. The highest BCUT2D eigenvalue weighted by Gasteiger charge is 2.38. The molecule has 0 aliphatic carbocycles. The highest BCUT2D eigenvalue weighted by Crippen LogP contribution is 2.27. The molecule has 0 aliphatic rings. The smallest absolute Gasteiger partial charge is 0.398 e. The van der Waals surface area contributed by atoms with Crippen molar-refractivity contribution in [3.8, 4) is 0 Å². The third kappa shape index (κ3) is 3.81. The van der Waals surface area contributed by atoms with Gasteiger partial charge in [0, 0.05) is 6.54 Å². The summed E-state index contributed by atoms with van der Waals surface area (Å²) in [6.45, 7) is -3.51. The Labute approximate surface area is 112 Å². The van der Waals surface area contributed by atoms with Crippen molar-refractivity contribution < 1.29 is 31.1 Å². The van der Waals surface area contributed by atoms with Crippen LogP contribution in [-0.4, -0.2) is 43.7 Å². The third-order valence-corrected chi connectivity index (χ3v) is 4.24. The molecule has 0 heterocycles. The molecule has 1 aromatic rings. The number of sulfonamides is 1. The second kappa shape index (κ2) is 5.94. The molecular weight excluding hydrogens is 304 g/mol. The minimum atomic E-state index is -4.83. The zero-order valence-electron chi connectivity index (χ0n) is 10.1. The number of anilines is 1. The lowest BCUT2D eigenvalue weighted by molar-refractivity contribution is -0.136. The van der Waals surface area contributed by atoms with Crippen LogP contribution in [0.3, 0.4) is 0 Å². The lowest BCUT2D eigenvalue weighted by atomic mass is 10.3. The maximum Gasteiger partial charge on any atom is 0.402 e. The molecule has 0 atom stereocenters. The molecule has 0 bridgehead atoms. The summed E-state index contributed by atoms with van der Waals surface area (Å²) < 4.78 is 74.6. The Kier molecular flexibility index (Phi) is 4.95. The van der Waals surface area contributed by atoms with Crippen LogP contribution in [0.15, 0.2) is 23.1 Å². The lowest BCUT2D eigenvalue weighted by Gasteiger charge is -2.23. The van der Waals surface area contributed by atoms with Gasteiger partial charge in [0.25, 0.3) is 0 Å². The highest BCUT2D eigenvalue weighted by atomic mass is 32.2. The van der Waals surface area contributed by atoms with Gasteiger partial charge in [-0.05, 0) is 12.1 Å². The number of aliphatic hydroxyl groups excluding tert-OH is 1. The van der Waals surface area contributed by atoms with Gasteiger partial charge in [-0.2, -0.15) is 17.5 Å². The Morgan fingerprint density at radius 3 is 2.35 bits per heavy atom. The van der Waals surface area contributed by atoms with E-state index in [0.29, 0.717) is 0 Å². The van der Waals surface area contributed by atoms with E-state index in [4.69, 9.17) is 10.8 Å². The first-order chi connectivity index (χ1) is 9.09. The average Bonchev–Trinajstić information content (AvgIpc) is 2.26. The predicted octanol–water partition coefficient (Wildman–Crippen LogP) is 0.953. The van der Waals surface area contributed by atoms with E-state index < -0.39 is 52.3 Å². The van der Waals surface area contributed by atoms with Crippen LogP contribution < -0.4 is 5.73 Å². The van der Waals surface area contributed by atoms with E-state index in [1.807, 2.05) is 0 Å². The van der Waals surface area contributed by atoms with Crippen LogP contribution in [0.1, 0.15) is 0 Å². The van der Waals surface area contributed by atoms with E-state index in [-0.39, 0.29) is 4.31 Å². The van der Waals surface area contributed by atoms with Crippen LogP contribution in [0.25, 0.3) is 0 Å². The first-order valence-corrected chi connectivity index (χ1v) is 6.75. The monoisotopic (exact) mass is 316 g/mol. The number of aliphatic hydroxyl groups is 1. The van der Waals surface area contributed by atoms with Crippen molar-refractivity contribution in [3.63, 3.8) is 0 Å². The third-order valence-electron chi connectivity index (χ3n) is 2.30. The maximum absolute atomic E-state index is 13.6. The van der Waals surface area contributed by atoms with Gasteiger partial charge >= 0.3 is 6.18 Å². The van der Waals surface area contributed by atoms with Crippen molar-refractivity contribution in [2.45, 2.75) is 11.1 Å². The van der Waals surface area contributed by atoms with Gasteiger partial charge in [0.2, 0.25) is 10.0 Å². The van der Waals surface area contributed by atoms with E-state index in [1.165, 1.54) is 0 Å². The van der Waals surface area contributed by atoms with Crippen molar-refractivity contribution in [2.75, 3.05) is 25.4 Å². The van der Waals surface area contributed by atoms with Crippen molar-refractivity contribution in [1.82, 2.24) is 4.31 Å². The highest BCUT2D eigenvalue weighted by molar-refractivity contribution is 7.89. The first kappa shape index (κ1) is 16.7. The molecule has 0 unspecified atom stereocenters. The maximum atomic E-state index is 13.6. The van der Waals surface area contributed by atoms with Gasteiger partial charge < -0.3 is 10.8 Å². The molecule has 0 amide bonds. The quantitative estimate of drug-likeness (QED) is 0.626. The van der Waals surface area contributed by atoms with E-state index in [1.54, 1.807) is 0 Å². The van der Waals surface area contributed by atoms with Crippen LogP contribution in [-0.2, 0) is 10.0 Å². The fourth-order valence-electron chi connectivity index (χ4n) is 1.52. The van der Waals surface area contributed by atoms with Gasteiger partial charge in [0.15, 0.2) is 0 Å². The molecule has 1 aromatic carbocycles. The number of hydrogen-bond acceptors (Lipinski definition) is 4. The Bertz CT molecular complexity index is 554. The summed E-state index contributed by atoms with van der Waals surface area (Å²) in [4.78, 5) is -1.03. The number of benzene rings is 1. The van der Waals surface area contributed by atoms with Gasteiger partial charge in [0.1, 0.15) is 17.3 Å². The SMILES string of the molecule is Nc1cccc(F)c1S(=O)(=O)N(CCO)CC(F)(F)F. The van der Waals surface area contributed by atoms with E-state index >= 15 is 0 Å². The number of nitrogens with zero attached hydrogens (tertiary/aromatic N) is 1. The molecule has 10 heteroatoms. The van der Waals surface area contributed by atoms with Gasteiger partial charge in [0.05, 0.1) is 12.3 Å². The number of alkyl halides is 3. The van der Waals surface area contributed by atoms with Crippen molar-refractivity contribution in [2.24, 2.45) is 0 Å². The molecule has 1 rings (SSSR count). The van der Waals surface area contributed by atoms with Crippen LogP contribution in [0, 0.1) is 5.82 Å². The number of halogens is 4. The van der Waals surface area contributed by atoms with Crippen molar-refractivity contribution in [3.05, 3.63) is 24.0 Å². The van der Waals surface area contributed by atoms with Crippen LogP contribution in [0.5, 0.6) is 0 Å². The predicted molar refractivity (Wildman–Crippen MR) is 62.7 cm³/mol. The summed E-state index contributed by atoms with van der Waals surface area (Å²) in [6.07, 6.45) is -4.83. The van der Waals surface area contributed by atoms with Crippen LogP contribution in [0.2, 0.25) is 0 Å². The molecule has 3 N–H and O–H groups in total. The molecule has 0 saturated carbocycles. The Hall–Kier alpha value is -1.39. The fraction of sp³-hybridized carbons (Fsp3) is 0.400. The van der Waals surface area contributed by atoms with Gasteiger partial charge in [-0.3, -0.25) is 0 Å². The first-order valence-electron chi connectivity index (χ1n) is 5.31. The minimum Gasteiger partial charge on any atom is -0.398 e. The second-order valence-corrected chi connectivity index (χ2v) is 5.71. The molecule has 0 spiro atoms. The summed E-state index contributed by atoms with van der Waals surface area (Å²) in [5.41, 5.74) is 4.81. The van der Waals surface area contributed by atoms with Crippen LogP contribution in [0.4, 0.5) is 23.2 Å². The standard InChI is InChI=1S/C10H12F4N2O3S/c11-7-2-1-3-8(15)9(7)20(18,19)16(4-5-17)6-10(12,13)14/h1-3,17H,4-6,15H2. The van der Waals surface area contributed by atoms with Crippen LogP contribution >= 0.6 is 0 Å². The van der Waals surface area contributed by atoms with E-state index in [9.17, 15) is 26.0 Å². The Balaban J connectivity index is 3.30. The molecule has 20 heavy (non-hydrogen) atoms. The lowest BCUT2D eigenvalue weighted by Crippen LogP contribution is -2.41. The summed E-state index contributed by atoms with van der Waals surface area (Å²) >= 11 is 0. The number of nitrogen functional groups attached to an aromatic ring is 1. The topological polar surface area (TPSA) is 83.6 Å². The van der Waals surface area contributed by atoms with Crippen molar-refractivity contribution in [1.29, 1.82) is 0 Å².